The minimum atomic E-state index is -0.732. The number of carbonyl (C=O) groups excluding carboxylic acids is 1. The average molecular weight is 482 g/mol. The zero-order valence-electron chi connectivity index (χ0n) is 20.1. The molecule has 3 aromatic rings. The molecular weight excluding hydrogens is 453 g/mol. The van der Waals surface area contributed by atoms with Crippen molar-refractivity contribution in [3.05, 3.63) is 62.0 Å². The third-order valence-corrected chi connectivity index (χ3v) is 6.96. The van der Waals surface area contributed by atoms with Crippen molar-refractivity contribution in [2.45, 2.75) is 52.5 Å². The van der Waals surface area contributed by atoms with E-state index in [9.17, 15) is 23.9 Å². The van der Waals surface area contributed by atoms with Crippen LogP contribution in [-0.4, -0.2) is 28.0 Å². The first-order valence-corrected chi connectivity index (χ1v) is 11.4. The van der Waals surface area contributed by atoms with Crippen LogP contribution in [0.3, 0.4) is 0 Å². The Kier molecular flexibility index (Phi) is 6.31. The second-order valence-electron chi connectivity index (χ2n) is 9.44. The summed E-state index contributed by atoms with van der Waals surface area (Å²) in [6.45, 7) is 5.19. The van der Waals surface area contributed by atoms with Gasteiger partial charge in [0, 0.05) is 20.2 Å². The molecule has 35 heavy (non-hydrogen) atoms. The average Bonchev–Trinajstić information content (AvgIpc) is 3.26. The number of halogens is 1. The number of hydrogen-bond donors (Lipinski definition) is 3. The van der Waals surface area contributed by atoms with Crippen LogP contribution in [0.25, 0.3) is 0 Å². The first-order chi connectivity index (χ1) is 16.5. The summed E-state index contributed by atoms with van der Waals surface area (Å²) >= 11 is 0. The lowest BCUT2D eigenvalue weighted by molar-refractivity contribution is -0.116. The van der Waals surface area contributed by atoms with Crippen LogP contribution in [0.4, 0.5) is 27.3 Å². The normalized spacial score (nSPS) is 15.7. The van der Waals surface area contributed by atoms with Gasteiger partial charge in [0.05, 0.1) is 23.6 Å². The quantitative estimate of drug-likeness (QED) is 0.437. The molecule has 4 rings (SSSR count). The maximum Gasteiger partial charge on any atom is 0.253 e. The van der Waals surface area contributed by atoms with Gasteiger partial charge in [0.15, 0.2) is 11.6 Å². The number of aromatic nitrogens is 2. The fourth-order valence-electron chi connectivity index (χ4n) is 4.76. The van der Waals surface area contributed by atoms with Crippen LogP contribution in [0.5, 0.6) is 5.75 Å². The fraction of sp³-hybridized carbons (Fsp3) is 0.400. The topological polar surface area (TPSA) is 125 Å². The summed E-state index contributed by atoms with van der Waals surface area (Å²) in [5, 5.41) is 16.7. The molecule has 1 fully saturated rings. The summed E-state index contributed by atoms with van der Waals surface area (Å²) in [5.74, 6) is -1.11. The van der Waals surface area contributed by atoms with Gasteiger partial charge in [-0.15, -0.1) is 0 Å². The Balaban J connectivity index is 1.71. The predicted octanol–water partition coefficient (Wildman–Crippen LogP) is 3.69. The van der Waals surface area contributed by atoms with Gasteiger partial charge in [-0.1, -0.05) is 19.8 Å². The standard InChI is InChI=1S/C25H28FN5O4/c1-13-11-15(26)12-28-17(13)23(25(3)8-5-6-9-25)30-19-18(21(34)22(19)35)29-16-7-10-27-24(20(16)33)31(4)14(2)32/h7,10-12,23,30,33H,5-6,8-9H2,1-4H3,(H,27,29)/t23-/m0/s1. The number of aromatic hydroxyl groups is 1. The lowest BCUT2D eigenvalue weighted by Crippen LogP contribution is -2.40. The van der Waals surface area contributed by atoms with Crippen LogP contribution in [0.1, 0.15) is 56.8 Å². The molecule has 1 aliphatic carbocycles. The summed E-state index contributed by atoms with van der Waals surface area (Å²) in [4.78, 5) is 46.4. The van der Waals surface area contributed by atoms with E-state index in [-0.39, 0.29) is 40.0 Å². The molecule has 1 atom stereocenters. The summed E-state index contributed by atoms with van der Waals surface area (Å²) < 4.78 is 13.8. The third-order valence-electron chi connectivity index (χ3n) is 6.96. The Morgan fingerprint density at radius 3 is 2.49 bits per heavy atom. The smallest absolute Gasteiger partial charge is 0.253 e. The van der Waals surface area contributed by atoms with Crippen molar-refractivity contribution in [1.82, 2.24) is 9.97 Å². The first-order valence-electron chi connectivity index (χ1n) is 11.4. The van der Waals surface area contributed by atoms with E-state index in [1.54, 1.807) is 6.92 Å². The molecule has 1 saturated carbocycles. The van der Waals surface area contributed by atoms with Gasteiger partial charge >= 0.3 is 0 Å². The van der Waals surface area contributed by atoms with Crippen LogP contribution in [0, 0.1) is 18.2 Å². The van der Waals surface area contributed by atoms with E-state index in [2.05, 4.69) is 27.5 Å². The van der Waals surface area contributed by atoms with E-state index in [4.69, 9.17) is 0 Å². The highest BCUT2D eigenvalue weighted by Gasteiger charge is 2.41. The molecule has 1 aliphatic rings. The van der Waals surface area contributed by atoms with Crippen LogP contribution >= 0.6 is 0 Å². The van der Waals surface area contributed by atoms with Crippen molar-refractivity contribution < 1.29 is 14.3 Å². The van der Waals surface area contributed by atoms with Gasteiger partial charge in [-0.25, -0.2) is 9.37 Å². The van der Waals surface area contributed by atoms with E-state index in [0.717, 1.165) is 31.9 Å². The van der Waals surface area contributed by atoms with Crippen molar-refractivity contribution in [2.24, 2.45) is 5.41 Å². The van der Waals surface area contributed by atoms with E-state index in [1.807, 2.05) is 0 Å². The van der Waals surface area contributed by atoms with Gasteiger partial charge in [-0.2, -0.15) is 0 Å². The van der Waals surface area contributed by atoms with Gasteiger partial charge in [-0.05, 0) is 42.9 Å². The zero-order chi connectivity index (χ0) is 25.5. The molecule has 0 aliphatic heterocycles. The van der Waals surface area contributed by atoms with Crippen LogP contribution < -0.4 is 26.4 Å². The van der Waals surface area contributed by atoms with Gasteiger partial charge in [0.1, 0.15) is 17.2 Å². The summed E-state index contributed by atoms with van der Waals surface area (Å²) in [5.41, 5.74) is -0.214. The monoisotopic (exact) mass is 481 g/mol. The Hall–Kier alpha value is -3.82. The van der Waals surface area contributed by atoms with Crippen LogP contribution in [0.2, 0.25) is 0 Å². The van der Waals surface area contributed by atoms with Crippen LogP contribution in [0.15, 0.2) is 34.1 Å². The number of hydrogen-bond acceptors (Lipinski definition) is 8. The minimum Gasteiger partial charge on any atom is -0.503 e. The summed E-state index contributed by atoms with van der Waals surface area (Å²) in [6.07, 6.45) is 6.33. The number of amides is 1. The Morgan fingerprint density at radius 2 is 1.86 bits per heavy atom. The summed E-state index contributed by atoms with van der Waals surface area (Å²) in [7, 11) is 1.46. The van der Waals surface area contributed by atoms with E-state index in [1.165, 1.54) is 37.2 Å². The largest absolute Gasteiger partial charge is 0.503 e. The lowest BCUT2D eigenvalue weighted by atomic mass is 9.77. The fourth-order valence-corrected chi connectivity index (χ4v) is 4.76. The van der Waals surface area contributed by atoms with E-state index >= 15 is 0 Å². The molecule has 184 valence electrons. The minimum absolute atomic E-state index is 0.000658. The molecule has 0 unspecified atom stereocenters. The first kappa shape index (κ1) is 24.3. The van der Waals surface area contributed by atoms with Crippen molar-refractivity contribution in [1.29, 1.82) is 0 Å². The van der Waals surface area contributed by atoms with Gasteiger partial charge < -0.3 is 15.7 Å². The molecular formula is C25H28FN5O4. The highest BCUT2D eigenvalue weighted by molar-refractivity contribution is 5.93. The number of nitrogens with one attached hydrogen (secondary N) is 2. The molecule has 0 radical (unpaired) electrons. The number of nitrogens with zero attached hydrogens (tertiary/aromatic N) is 3. The van der Waals surface area contributed by atoms with E-state index < -0.39 is 22.7 Å². The summed E-state index contributed by atoms with van der Waals surface area (Å²) in [6, 6.07) is 2.41. The Morgan fingerprint density at radius 1 is 1.20 bits per heavy atom. The molecule has 2 aromatic heterocycles. The highest BCUT2D eigenvalue weighted by atomic mass is 19.1. The molecule has 1 amide bonds. The van der Waals surface area contributed by atoms with Crippen molar-refractivity contribution in [2.75, 3.05) is 22.6 Å². The van der Waals surface area contributed by atoms with Crippen molar-refractivity contribution in [3.8, 4) is 5.75 Å². The number of aryl methyl sites for hydroxylation is 1. The molecule has 9 nitrogen and oxygen atoms in total. The lowest BCUT2D eigenvalue weighted by Gasteiger charge is -2.36. The Bertz CT molecular complexity index is 1360. The molecule has 10 heteroatoms. The molecule has 0 saturated heterocycles. The third kappa shape index (κ3) is 4.36. The highest BCUT2D eigenvalue weighted by Crippen LogP contribution is 2.49. The van der Waals surface area contributed by atoms with Crippen molar-refractivity contribution in [3.63, 3.8) is 0 Å². The van der Waals surface area contributed by atoms with Crippen LogP contribution in [-0.2, 0) is 4.79 Å². The molecule has 1 aromatic carbocycles. The number of anilines is 4. The number of pyridine rings is 2. The SMILES string of the molecule is CC(=O)N(C)c1nccc(Nc2c(N[C@@H](c3ncc(F)cc3C)C3(C)CCCC3)c(=O)c2=O)c1O. The van der Waals surface area contributed by atoms with Gasteiger partial charge in [0.25, 0.3) is 10.9 Å². The zero-order valence-corrected chi connectivity index (χ0v) is 20.1. The maximum absolute atomic E-state index is 13.8. The molecule has 0 bridgehead atoms. The predicted molar refractivity (Wildman–Crippen MR) is 131 cm³/mol. The molecule has 2 heterocycles. The maximum atomic E-state index is 13.8. The molecule has 3 N–H and O–H groups in total. The second-order valence-corrected chi connectivity index (χ2v) is 9.44. The molecule has 0 spiro atoms. The second kappa shape index (κ2) is 9.09. The Labute approximate surface area is 201 Å². The number of rotatable bonds is 7. The van der Waals surface area contributed by atoms with Crippen molar-refractivity contribution >= 4 is 28.8 Å². The van der Waals surface area contributed by atoms with Gasteiger partial charge in [0.2, 0.25) is 5.91 Å². The van der Waals surface area contributed by atoms with Gasteiger partial charge in [-0.3, -0.25) is 24.3 Å². The van der Waals surface area contributed by atoms with E-state index in [0.29, 0.717) is 11.3 Å². The number of carbonyl (C=O) groups is 1.